The maximum absolute atomic E-state index is 13.1. The maximum atomic E-state index is 13.1. The van der Waals surface area contributed by atoms with Gasteiger partial charge >= 0.3 is 0 Å². The fourth-order valence-corrected chi connectivity index (χ4v) is 3.04. The monoisotopic (exact) mass is 455 g/mol. The minimum absolute atomic E-state index is 0.399. The third-order valence-electron chi connectivity index (χ3n) is 4.97. The standard InChI is InChI=1S/C24H26FN3O5/c1-14(25)15(2)27-23(29)13-24(30)28-16-5-7-17(8-6-16)33-20-9-10-26-19-12-22(32-4)21(31-3)11-18(19)20/h5-12,14-15H,13H2,1-4H3,(H,27,29)(H,28,30)/t14-,15?/m0/s1. The zero-order valence-electron chi connectivity index (χ0n) is 18.8. The lowest BCUT2D eigenvalue weighted by Crippen LogP contribution is -2.39. The van der Waals surface area contributed by atoms with Crippen molar-refractivity contribution in [3.05, 3.63) is 48.7 Å². The summed E-state index contributed by atoms with van der Waals surface area (Å²) in [6.45, 7) is 2.88. The number of hydrogen-bond donors (Lipinski definition) is 2. The summed E-state index contributed by atoms with van der Waals surface area (Å²) in [4.78, 5) is 28.3. The second-order valence-corrected chi connectivity index (χ2v) is 7.42. The topological polar surface area (TPSA) is 98.8 Å². The van der Waals surface area contributed by atoms with Crippen molar-refractivity contribution in [2.75, 3.05) is 19.5 Å². The van der Waals surface area contributed by atoms with Gasteiger partial charge in [-0.25, -0.2) is 4.39 Å². The molecule has 2 aromatic carbocycles. The second kappa shape index (κ2) is 10.6. The van der Waals surface area contributed by atoms with E-state index in [-0.39, 0.29) is 0 Å². The Morgan fingerprint density at radius 2 is 1.64 bits per heavy atom. The molecule has 8 nitrogen and oxygen atoms in total. The van der Waals surface area contributed by atoms with Crippen LogP contribution in [0.5, 0.6) is 23.0 Å². The predicted octanol–water partition coefficient (Wildman–Crippen LogP) is 4.24. The minimum Gasteiger partial charge on any atom is -0.493 e. The fourth-order valence-electron chi connectivity index (χ4n) is 3.04. The van der Waals surface area contributed by atoms with E-state index < -0.39 is 30.4 Å². The molecule has 3 aromatic rings. The van der Waals surface area contributed by atoms with Crippen molar-refractivity contribution in [3.8, 4) is 23.0 Å². The Morgan fingerprint density at radius 3 is 2.27 bits per heavy atom. The van der Waals surface area contributed by atoms with E-state index in [1.165, 1.54) is 13.8 Å². The van der Waals surface area contributed by atoms with Crippen molar-refractivity contribution in [2.45, 2.75) is 32.5 Å². The van der Waals surface area contributed by atoms with Gasteiger partial charge in [0.05, 0.1) is 25.8 Å². The number of methoxy groups -OCH3 is 2. The van der Waals surface area contributed by atoms with Gasteiger partial charge in [-0.2, -0.15) is 0 Å². The Labute approximate surface area is 191 Å². The van der Waals surface area contributed by atoms with Crippen LogP contribution in [0.3, 0.4) is 0 Å². The van der Waals surface area contributed by atoms with E-state index in [0.717, 1.165) is 5.39 Å². The van der Waals surface area contributed by atoms with E-state index in [1.807, 2.05) is 0 Å². The number of fused-ring (bicyclic) bond motifs is 1. The molecule has 0 aliphatic heterocycles. The average Bonchev–Trinajstić information content (AvgIpc) is 2.79. The Balaban J connectivity index is 1.67. The summed E-state index contributed by atoms with van der Waals surface area (Å²) in [7, 11) is 3.11. The summed E-state index contributed by atoms with van der Waals surface area (Å²) in [6, 6.07) is 11.3. The van der Waals surface area contributed by atoms with E-state index in [1.54, 1.807) is 62.9 Å². The lowest BCUT2D eigenvalue weighted by Gasteiger charge is -2.15. The summed E-state index contributed by atoms with van der Waals surface area (Å²) in [5.41, 5.74) is 1.18. The smallest absolute Gasteiger partial charge is 0.233 e. The van der Waals surface area contributed by atoms with Crippen LogP contribution in [0.1, 0.15) is 20.3 Å². The van der Waals surface area contributed by atoms with E-state index >= 15 is 0 Å². The van der Waals surface area contributed by atoms with Crippen LogP contribution in [0.25, 0.3) is 10.9 Å². The Morgan fingerprint density at radius 1 is 0.970 bits per heavy atom. The molecule has 0 bridgehead atoms. The molecule has 0 aliphatic rings. The first-order chi connectivity index (χ1) is 15.8. The Bertz CT molecular complexity index is 1130. The molecule has 174 valence electrons. The molecule has 0 radical (unpaired) electrons. The van der Waals surface area contributed by atoms with E-state index in [0.29, 0.717) is 34.2 Å². The number of nitrogens with zero attached hydrogens (tertiary/aromatic N) is 1. The van der Waals surface area contributed by atoms with Crippen LogP contribution < -0.4 is 24.8 Å². The summed E-state index contributed by atoms with van der Waals surface area (Å²) in [6.07, 6.45) is 0.0300. The highest BCUT2D eigenvalue weighted by atomic mass is 19.1. The van der Waals surface area contributed by atoms with Gasteiger partial charge < -0.3 is 24.8 Å². The molecule has 0 aliphatic carbocycles. The predicted molar refractivity (Wildman–Crippen MR) is 123 cm³/mol. The molecular weight excluding hydrogens is 429 g/mol. The normalized spacial score (nSPS) is 12.5. The highest BCUT2D eigenvalue weighted by Gasteiger charge is 2.16. The zero-order chi connectivity index (χ0) is 24.0. The van der Waals surface area contributed by atoms with Gasteiger partial charge in [0, 0.05) is 23.3 Å². The first-order valence-electron chi connectivity index (χ1n) is 10.3. The average molecular weight is 455 g/mol. The van der Waals surface area contributed by atoms with Crippen molar-refractivity contribution >= 4 is 28.4 Å². The zero-order valence-corrected chi connectivity index (χ0v) is 18.8. The molecule has 1 unspecified atom stereocenters. The third-order valence-corrected chi connectivity index (χ3v) is 4.97. The molecule has 0 fully saturated rings. The van der Waals surface area contributed by atoms with Crippen molar-refractivity contribution in [3.63, 3.8) is 0 Å². The maximum Gasteiger partial charge on any atom is 0.233 e. The number of carbonyl (C=O) groups excluding carboxylic acids is 2. The number of carbonyl (C=O) groups is 2. The molecule has 0 spiro atoms. The van der Waals surface area contributed by atoms with Crippen LogP contribution in [-0.2, 0) is 9.59 Å². The van der Waals surface area contributed by atoms with E-state index in [2.05, 4.69) is 15.6 Å². The molecule has 2 amide bonds. The third kappa shape index (κ3) is 6.09. The van der Waals surface area contributed by atoms with Crippen LogP contribution in [-0.4, -0.2) is 43.2 Å². The molecule has 0 saturated carbocycles. The quantitative estimate of drug-likeness (QED) is 0.469. The number of halogens is 1. The van der Waals surface area contributed by atoms with Gasteiger partial charge in [0.1, 0.15) is 24.1 Å². The van der Waals surface area contributed by atoms with Crippen LogP contribution in [0.15, 0.2) is 48.7 Å². The number of benzene rings is 2. The molecule has 0 saturated heterocycles. The first-order valence-corrected chi connectivity index (χ1v) is 10.3. The van der Waals surface area contributed by atoms with Gasteiger partial charge in [0.2, 0.25) is 11.8 Å². The lowest BCUT2D eigenvalue weighted by atomic mass is 10.2. The number of hydrogen-bond acceptors (Lipinski definition) is 6. The summed E-state index contributed by atoms with van der Waals surface area (Å²) in [5, 5.41) is 5.83. The Hall–Kier alpha value is -3.88. The summed E-state index contributed by atoms with van der Waals surface area (Å²) >= 11 is 0. The van der Waals surface area contributed by atoms with Crippen LogP contribution in [0, 0.1) is 0 Å². The molecule has 1 heterocycles. The number of rotatable bonds is 9. The van der Waals surface area contributed by atoms with Crippen LogP contribution >= 0.6 is 0 Å². The lowest BCUT2D eigenvalue weighted by molar-refractivity contribution is -0.127. The van der Waals surface area contributed by atoms with Crippen molar-refractivity contribution in [2.24, 2.45) is 0 Å². The first kappa shape index (κ1) is 23.8. The van der Waals surface area contributed by atoms with Gasteiger partial charge in [-0.15, -0.1) is 0 Å². The van der Waals surface area contributed by atoms with E-state index in [4.69, 9.17) is 14.2 Å². The summed E-state index contributed by atoms with van der Waals surface area (Å²) < 4.78 is 29.8. The van der Waals surface area contributed by atoms with E-state index in [9.17, 15) is 14.0 Å². The number of pyridine rings is 1. The minimum atomic E-state index is -1.20. The molecule has 33 heavy (non-hydrogen) atoms. The molecule has 3 rings (SSSR count). The number of alkyl halides is 1. The number of nitrogens with one attached hydrogen (secondary N) is 2. The molecule has 2 atom stereocenters. The van der Waals surface area contributed by atoms with Crippen molar-refractivity contribution in [1.82, 2.24) is 10.3 Å². The van der Waals surface area contributed by atoms with Crippen LogP contribution in [0.2, 0.25) is 0 Å². The van der Waals surface area contributed by atoms with Gasteiger partial charge in [-0.1, -0.05) is 0 Å². The highest BCUT2D eigenvalue weighted by Crippen LogP contribution is 2.36. The fraction of sp³-hybridized carbons (Fsp3) is 0.292. The number of aromatic nitrogens is 1. The van der Waals surface area contributed by atoms with Crippen molar-refractivity contribution < 1.29 is 28.2 Å². The Kier molecular flexibility index (Phi) is 7.66. The molecule has 9 heteroatoms. The van der Waals surface area contributed by atoms with Gasteiger partial charge in [-0.3, -0.25) is 14.6 Å². The molecular formula is C24H26FN3O5. The number of ether oxygens (including phenoxy) is 3. The second-order valence-electron chi connectivity index (χ2n) is 7.42. The number of amides is 2. The van der Waals surface area contributed by atoms with Crippen molar-refractivity contribution in [1.29, 1.82) is 0 Å². The summed E-state index contributed by atoms with van der Waals surface area (Å²) in [5.74, 6) is 1.20. The van der Waals surface area contributed by atoms with Gasteiger partial charge in [-0.05, 0) is 50.2 Å². The largest absolute Gasteiger partial charge is 0.493 e. The molecule has 1 aromatic heterocycles. The SMILES string of the molecule is COc1cc2nccc(Oc3ccc(NC(=O)CC(=O)NC(C)[C@H](C)F)cc3)c2cc1OC. The van der Waals surface area contributed by atoms with Gasteiger partial charge in [0.15, 0.2) is 11.5 Å². The molecule has 2 N–H and O–H groups in total. The van der Waals surface area contributed by atoms with Crippen LogP contribution in [0.4, 0.5) is 10.1 Å². The highest BCUT2D eigenvalue weighted by molar-refractivity contribution is 6.03. The number of anilines is 1. The van der Waals surface area contributed by atoms with Gasteiger partial charge in [0.25, 0.3) is 0 Å².